The van der Waals surface area contributed by atoms with Crippen LogP contribution >= 0.6 is 0 Å². The van der Waals surface area contributed by atoms with E-state index in [0.717, 1.165) is 29.3 Å². The number of carboxylic acids is 1. The van der Waals surface area contributed by atoms with E-state index in [1.165, 1.54) is 6.33 Å². The molecule has 0 radical (unpaired) electrons. The largest absolute Gasteiger partial charge is 0.550 e. The summed E-state index contributed by atoms with van der Waals surface area (Å²) in [6, 6.07) is 7.74. The maximum Gasteiger partial charge on any atom is 0.196 e. The Balaban J connectivity index is 1.68. The lowest BCUT2D eigenvalue weighted by Gasteiger charge is -2.05. The molecule has 0 spiro atoms. The molecule has 0 bridgehead atoms. The number of carbonyl (C=O) groups excluding carboxylic acids is 1. The summed E-state index contributed by atoms with van der Waals surface area (Å²) in [5.41, 5.74) is 2.23. The van der Waals surface area contributed by atoms with Crippen molar-refractivity contribution in [3.05, 3.63) is 30.6 Å². The summed E-state index contributed by atoms with van der Waals surface area (Å²) in [4.78, 5) is 18.8. The topological polar surface area (TPSA) is 91.1 Å². The number of nitrogens with one attached hydrogen (secondary N) is 1. The highest BCUT2D eigenvalue weighted by molar-refractivity contribution is 6.05. The van der Waals surface area contributed by atoms with Crippen LogP contribution in [0.25, 0.3) is 22.1 Å². The van der Waals surface area contributed by atoms with Crippen LogP contribution in [-0.2, 0) is 4.79 Å². The van der Waals surface area contributed by atoms with Gasteiger partial charge in [0.15, 0.2) is 11.4 Å². The van der Waals surface area contributed by atoms with Crippen molar-refractivity contribution in [3.8, 4) is 0 Å². The Labute approximate surface area is 127 Å². The third-order valence-electron chi connectivity index (χ3n) is 3.51. The van der Waals surface area contributed by atoms with E-state index in [1.807, 2.05) is 24.3 Å². The van der Waals surface area contributed by atoms with Gasteiger partial charge in [-0.3, -0.25) is 0 Å². The molecule has 1 aromatic carbocycles. The van der Waals surface area contributed by atoms with Crippen LogP contribution in [0.4, 0.5) is 5.82 Å². The van der Waals surface area contributed by atoms with E-state index in [9.17, 15) is 9.90 Å². The van der Waals surface area contributed by atoms with Gasteiger partial charge in [0.05, 0.1) is 0 Å². The summed E-state index contributed by atoms with van der Waals surface area (Å²) in [6.45, 7) is 0.705. The smallest absolute Gasteiger partial charge is 0.196 e. The molecule has 0 aliphatic rings. The highest BCUT2D eigenvalue weighted by Gasteiger charge is 2.12. The lowest BCUT2D eigenvalue weighted by molar-refractivity contribution is -0.305. The Morgan fingerprint density at radius 3 is 2.91 bits per heavy atom. The van der Waals surface area contributed by atoms with E-state index >= 15 is 0 Å². The number of aromatic nitrogens is 2. The van der Waals surface area contributed by atoms with Crippen molar-refractivity contribution in [2.24, 2.45) is 0 Å². The van der Waals surface area contributed by atoms with Gasteiger partial charge in [0.1, 0.15) is 17.4 Å². The molecule has 2 aromatic heterocycles. The number of anilines is 1. The molecule has 6 nitrogen and oxygen atoms in total. The van der Waals surface area contributed by atoms with Gasteiger partial charge in [-0.05, 0) is 31.4 Å². The summed E-state index contributed by atoms with van der Waals surface area (Å²) in [5, 5.41) is 14.5. The second-order valence-corrected chi connectivity index (χ2v) is 5.11. The number of unbranched alkanes of at least 4 members (excludes halogenated alkanes) is 2. The normalized spacial score (nSPS) is 11.1. The number of carboxylic acid groups (broad SMARTS) is 1. The SMILES string of the molecule is O=C([O-])CCCCCNc1ncnc2c1oc1ccccc12. The van der Waals surface area contributed by atoms with Crippen molar-refractivity contribution in [2.45, 2.75) is 25.7 Å². The standard InChI is InChI=1S/C16H17N3O3/c20-13(21)8-2-1-5-9-17-16-15-14(18-10-19-16)11-6-3-4-7-12(11)22-15/h3-4,6-7,10H,1-2,5,8-9H2,(H,20,21)(H,17,18,19)/p-1. The van der Waals surface area contributed by atoms with E-state index in [-0.39, 0.29) is 6.42 Å². The van der Waals surface area contributed by atoms with Crippen molar-refractivity contribution in [3.63, 3.8) is 0 Å². The van der Waals surface area contributed by atoms with E-state index in [0.29, 0.717) is 24.4 Å². The molecule has 0 unspecified atom stereocenters. The van der Waals surface area contributed by atoms with Crippen LogP contribution in [-0.4, -0.2) is 22.5 Å². The number of carbonyl (C=O) groups is 1. The fraction of sp³-hybridized carbons (Fsp3) is 0.312. The first kappa shape index (κ1) is 14.3. The third kappa shape index (κ3) is 3.00. The number of hydrogen-bond donors (Lipinski definition) is 1. The molecule has 1 N–H and O–H groups in total. The molecular weight excluding hydrogens is 282 g/mol. The van der Waals surface area contributed by atoms with Crippen LogP contribution in [0.1, 0.15) is 25.7 Å². The summed E-state index contributed by atoms with van der Waals surface area (Å²) in [6.07, 6.45) is 3.95. The minimum Gasteiger partial charge on any atom is -0.550 e. The fourth-order valence-electron chi connectivity index (χ4n) is 2.43. The average Bonchev–Trinajstić information content (AvgIpc) is 2.90. The van der Waals surface area contributed by atoms with Crippen LogP contribution in [0, 0.1) is 0 Å². The fourth-order valence-corrected chi connectivity index (χ4v) is 2.43. The van der Waals surface area contributed by atoms with E-state index in [2.05, 4.69) is 15.3 Å². The van der Waals surface area contributed by atoms with E-state index in [1.54, 1.807) is 0 Å². The molecular formula is C16H16N3O3-. The van der Waals surface area contributed by atoms with Crippen molar-refractivity contribution in [2.75, 3.05) is 11.9 Å². The lowest BCUT2D eigenvalue weighted by atomic mass is 10.2. The van der Waals surface area contributed by atoms with Gasteiger partial charge in [0, 0.05) is 17.9 Å². The Kier molecular flexibility index (Phi) is 4.18. The predicted octanol–water partition coefficient (Wildman–Crippen LogP) is 2.10. The van der Waals surface area contributed by atoms with E-state index in [4.69, 9.17) is 4.42 Å². The molecule has 0 amide bonds. The lowest BCUT2D eigenvalue weighted by Crippen LogP contribution is -2.21. The molecule has 0 aliphatic heterocycles. The zero-order valence-electron chi connectivity index (χ0n) is 12.0. The summed E-state index contributed by atoms with van der Waals surface area (Å²) < 4.78 is 5.82. The van der Waals surface area contributed by atoms with Crippen LogP contribution < -0.4 is 10.4 Å². The summed E-state index contributed by atoms with van der Waals surface area (Å²) in [7, 11) is 0. The number of para-hydroxylation sites is 1. The maximum absolute atomic E-state index is 10.3. The highest BCUT2D eigenvalue weighted by atomic mass is 16.4. The minimum atomic E-state index is -0.993. The number of fused-ring (bicyclic) bond motifs is 3. The summed E-state index contributed by atoms with van der Waals surface area (Å²) >= 11 is 0. The number of nitrogens with zero attached hydrogens (tertiary/aromatic N) is 2. The van der Waals surface area contributed by atoms with Crippen molar-refractivity contribution in [1.82, 2.24) is 9.97 Å². The second-order valence-electron chi connectivity index (χ2n) is 5.11. The van der Waals surface area contributed by atoms with Crippen LogP contribution in [0.2, 0.25) is 0 Å². The molecule has 0 atom stereocenters. The quantitative estimate of drug-likeness (QED) is 0.672. The van der Waals surface area contributed by atoms with Gasteiger partial charge in [-0.1, -0.05) is 18.6 Å². The Morgan fingerprint density at radius 1 is 1.18 bits per heavy atom. The highest BCUT2D eigenvalue weighted by Crippen LogP contribution is 2.30. The molecule has 114 valence electrons. The first-order valence-corrected chi connectivity index (χ1v) is 7.31. The minimum absolute atomic E-state index is 0.112. The van der Waals surface area contributed by atoms with Crippen LogP contribution in [0.3, 0.4) is 0 Å². The third-order valence-corrected chi connectivity index (χ3v) is 3.51. The number of furan rings is 1. The molecule has 0 fully saturated rings. The number of rotatable bonds is 7. The maximum atomic E-state index is 10.3. The van der Waals surface area contributed by atoms with Gasteiger partial charge in [-0.2, -0.15) is 0 Å². The second kappa shape index (κ2) is 6.43. The van der Waals surface area contributed by atoms with Gasteiger partial charge in [-0.15, -0.1) is 0 Å². The van der Waals surface area contributed by atoms with Gasteiger partial charge in [0.2, 0.25) is 0 Å². The first-order valence-electron chi connectivity index (χ1n) is 7.31. The van der Waals surface area contributed by atoms with Gasteiger partial charge in [-0.25, -0.2) is 9.97 Å². The molecule has 0 saturated carbocycles. The molecule has 3 rings (SSSR count). The van der Waals surface area contributed by atoms with Crippen molar-refractivity contribution < 1.29 is 14.3 Å². The monoisotopic (exact) mass is 298 g/mol. The molecule has 0 saturated heterocycles. The van der Waals surface area contributed by atoms with Gasteiger partial charge < -0.3 is 19.6 Å². The number of aliphatic carboxylic acids is 1. The zero-order chi connectivity index (χ0) is 15.4. The molecule has 2 heterocycles. The van der Waals surface area contributed by atoms with Crippen molar-refractivity contribution in [1.29, 1.82) is 0 Å². The van der Waals surface area contributed by atoms with Gasteiger partial charge in [0.25, 0.3) is 0 Å². The molecule has 6 heteroatoms. The predicted molar refractivity (Wildman–Crippen MR) is 81.3 cm³/mol. The number of hydrogen-bond acceptors (Lipinski definition) is 6. The number of benzene rings is 1. The Bertz CT molecular complexity index is 798. The summed E-state index contributed by atoms with van der Waals surface area (Å²) in [5.74, 6) is -0.325. The molecule has 3 aromatic rings. The Morgan fingerprint density at radius 2 is 2.05 bits per heavy atom. The molecule has 0 aliphatic carbocycles. The zero-order valence-corrected chi connectivity index (χ0v) is 12.0. The van der Waals surface area contributed by atoms with Gasteiger partial charge >= 0.3 is 0 Å². The van der Waals surface area contributed by atoms with Crippen molar-refractivity contribution >= 4 is 33.9 Å². The van der Waals surface area contributed by atoms with Crippen LogP contribution in [0.5, 0.6) is 0 Å². The molecule has 22 heavy (non-hydrogen) atoms. The van der Waals surface area contributed by atoms with E-state index < -0.39 is 5.97 Å². The van der Waals surface area contributed by atoms with Crippen LogP contribution in [0.15, 0.2) is 35.0 Å². The average molecular weight is 298 g/mol. The Hall–Kier alpha value is -2.63. The first-order chi connectivity index (χ1) is 10.8.